The molecule has 3 aromatic carbocycles. The summed E-state index contributed by atoms with van der Waals surface area (Å²) in [6.45, 7) is -0.188. The van der Waals surface area contributed by atoms with Crippen LogP contribution >= 0.6 is 0 Å². The molecular weight excluding hydrogens is 345 g/mol. The van der Waals surface area contributed by atoms with Gasteiger partial charge >= 0.3 is 0 Å². The summed E-state index contributed by atoms with van der Waals surface area (Å²) in [5.41, 5.74) is 0.361. The summed E-state index contributed by atoms with van der Waals surface area (Å²) in [5, 5.41) is 6.54. The van der Waals surface area contributed by atoms with Gasteiger partial charge in [-0.25, -0.2) is 17.9 Å². The number of Topliss-reactive ketones (excluding diaryl/α,β-unsaturated/α-hetero) is 1. The van der Waals surface area contributed by atoms with Gasteiger partial charge in [0.2, 0.25) is 10.0 Å². The van der Waals surface area contributed by atoms with Gasteiger partial charge in [-0.3, -0.25) is 4.79 Å². The third-order valence-electron chi connectivity index (χ3n) is 3.65. The normalized spacial score (nSPS) is 11.4. The van der Waals surface area contributed by atoms with Crippen molar-refractivity contribution in [2.45, 2.75) is 4.90 Å². The van der Waals surface area contributed by atoms with Gasteiger partial charge in [-0.1, -0.05) is 12.1 Å². The van der Waals surface area contributed by atoms with Crippen LogP contribution in [0.3, 0.4) is 0 Å². The van der Waals surface area contributed by atoms with Crippen LogP contribution in [-0.4, -0.2) is 20.8 Å². The summed E-state index contributed by atoms with van der Waals surface area (Å²) in [7, 11) is -3.76. The molecule has 25 heavy (non-hydrogen) atoms. The molecule has 0 saturated carbocycles. The molecular formula is C18H14FNO4S. The number of primary sulfonamides is 1. The van der Waals surface area contributed by atoms with Crippen LogP contribution in [0.15, 0.2) is 65.6 Å². The van der Waals surface area contributed by atoms with E-state index in [4.69, 9.17) is 9.88 Å². The number of benzene rings is 3. The Morgan fingerprint density at radius 3 is 2.28 bits per heavy atom. The van der Waals surface area contributed by atoms with Crippen molar-refractivity contribution in [3.63, 3.8) is 0 Å². The summed E-state index contributed by atoms with van der Waals surface area (Å²) in [5.74, 6) is -0.221. The lowest BCUT2D eigenvalue weighted by molar-refractivity contribution is 0.0921. The Kier molecular flexibility index (Phi) is 4.52. The van der Waals surface area contributed by atoms with Crippen molar-refractivity contribution in [2.75, 3.05) is 6.61 Å². The minimum atomic E-state index is -3.76. The molecule has 0 aliphatic carbocycles. The maximum absolute atomic E-state index is 12.9. The van der Waals surface area contributed by atoms with Crippen LogP contribution in [0, 0.1) is 5.82 Å². The monoisotopic (exact) mass is 359 g/mol. The molecule has 3 aromatic rings. The minimum Gasteiger partial charge on any atom is -0.485 e. The average molecular weight is 359 g/mol. The molecule has 2 N–H and O–H groups in total. The van der Waals surface area contributed by atoms with Crippen molar-refractivity contribution in [3.05, 3.63) is 72.0 Å². The maximum atomic E-state index is 12.9. The van der Waals surface area contributed by atoms with Crippen LogP contribution < -0.4 is 9.88 Å². The van der Waals surface area contributed by atoms with E-state index in [1.54, 1.807) is 24.3 Å². The Morgan fingerprint density at radius 1 is 0.960 bits per heavy atom. The van der Waals surface area contributed by atoms with E-state index >= 15 is 0 Å². The first-order valence-electron chi connectivity index (χ1n) is 7.31. The number of fused-ring (bicyclic) bond motifs is 1. The van der Waals surface area contributed by atoms with Crippen LogP contribution in [0.1, 0.15) is 10.4 Å². The van der Waals surface area contributed by atoms with Crippen molar-refractivity contribution in [1.29, 1.82) is 0 Å². The number of hydrogen-bond acceptors (Lipinski definition) is 4. The molecule has 3 rings (SSSR count). The third kappa shape index (κ3) is 4.01. The van der Waals surface area contributed by atoms with Crippen LogP contribution in [0.2, 0.25) is 0 Å². The SMILES string of the molecule is NS(=O)(=O)c1ccc2cc(OCC(=O)c3ccc(F)cc3)ccc2c1. The molecule has 0 fully saturated rings. The van der Waals surface area contributed by atoms with E-state index in [1.165, 1.54) is 36.4 Å². The number of ketones is 1. The van der Waals surface area contributed by atoms with Crippen molar-refractivity contribution in [1.82, 2.24) is 0 Å². The Hall–Kier alpha value is -2.77. The summed E-state index contributed by atoms with van der Waals surface area (Å²) in [4.78, 5) is 12.0. The predicted molar refractivity (Wildman–Crippen MR) is 91.5 cm³/mol. The molecule has 0 aromatic heterocycles. The number of carbonyl (C=O) groups is 1. The number of rotatable bonds is 5. The molecule has 0 saturated heterocycles. The molecule has 7 heteroatoms. The summed E-state index contributed by atoms with van der Waals surface area (Å²) < 4.78 is 41.1. The Labute approximate surface area is 143 Å². The van der Waals surface area contributed by atoms with E-state index in [0.29, 0.717) is 16.7 Å². The molecule has 0 aliphatic rings. The van der Waals surface area contributed by atoms with Gasteiger partial charge in [-0.15, -0.1) is 0 Å². The molecule has 0 atom stereocenters. The average Bonchev–Trinajstić information content (AvgIpc) is 2.59. The highest BCUT2D eigenvalue weighted by Gasteiger charge is 2.10. The van der Waals surface area contributed by atoms with Crippen molar-refractivity contribution >= 4 is 26.6 Å². The van der Waals surface area contributed by atoms with Gasteiger partial charge < -0.3 is 4.74 Å². The highest BCUT2D eigenvalue weighted by molar-refractivity contribution is 7.89. The first-order chi connectivity index (χ1) is 11.8. The first kappa shape index (κ1) is 17.1. The lowest BCUT2D eigenvalue weighted by atomic mass is 10.1. The van der Waals surface area contributed by atoms with Gasteiger partial charge in [-0.05, 0) is 59.3 Å². The summed E-state index contributed by atoms with van der Waals surface area (Å²) in [6, 6.07) is 14.7. The Bertz CT molecular complexity index is 1050. The second-order valence-electron chi connectivity index (χ2n) is 5.43. The van der Waals surface area contributed by atoms with E-state index in [0.717, 1.165) is 5.39 Å². The standard InChI is InChI=1S/C18H14FNO4S/c19-15-5-1-12(2-6-15)18(21)11-24-16-7-3-14-10-17(25(20,22)23)8-4-13(14)9-16/h1-10H,11H2,(H2,20,22,23). The quantitative estimate of drug-likeness (QED) is 0.710. The zero-order chi connectivity index (χ0) is 18.0. The number of hydrogen-bond donors (Lipinski definition) is 1. The van der Waals surface area contributed by atoms with Crippen LogP contribution in [0.25, 0.3) is 10.8 Å². The predicted octanol–water partition coefficient (Wildman–Crippen LogP) is 2.89. The molecule has 128 valence electrons. The van der Waals surface area contributed by atoms with Crippen molar-refractivity contribution in [2.24, 2.45) is 5.14 Å². The van der Waals surface area contributed by atoms with E-state index in [-0.39, 0.29) is 17.3 Å². The molecule has 5 nitrogen and oxygen atoms in total. The molecule has 0 amide bonds. The largest absolute Gasteiger partial charge is 0.485 e. The van der Waals surface area contributed by atoms with Crippen LogP contribution in [0.4, 0.5) is 4.39 Å². The maximum Gasteiger partial charge on any atom is 0.238 e. The smallest absolute Gasteiger partial charge is 0.238 e. The second kappa shape index (κ2) is 6.62. The fraction of sp³-hybridized carbons (Fsp3) is 0.0556. The van der Waals surface area contributed by atoms with Gasteiger partial charge in [0.05, 0.1) is 4.90 Å². The zero-order valence-electron chi connectivity index (χ0n) is 13.0. The summed E-state index contributed by atoms with van der Waals surface area (Å²) >= 11 is 0. The van der Waals surface area contributed by atoms with Gasteiger partial charge in [0.15, 0.2) is 12.4 Å². The van der Waals surface area contributed by atoms with Crippen molar-refractivity contribution < 1.29 is 22.3 Å². The Morgan fingerprint density at radius 2 is 1.60 bits per heavy atom. The van der Waals surface area contributed by atoms with Gasteiger partial charge in [0, 0.05) is 5.56 Å². The van der Waals surface area contributed by atoms with Crippen molar-refractivity contribution in [3.8, 4) is 5.75 Å². The molecule has 0 bridgehead atoms. The number of ether oxygens (including phenoxy) is 1. The van der Waals surface area contributed by atoms with E-state index in [2.05, 4.69) is 0 Å². The molecule has 0 spiro atoms. The molecule has 0 unspecified atom stereocenters. The number of nitrogens with two attached hydrogens (primary N) is 1. The number of halogens is 1. The molecule has 0 heterocycles. The molecule has 0 radical (unpaired) electrons. The lowest BCUT2D eigenvalue weighted by Crippen LogP contribution is -2.12. The van der Waals surface area contributed by atoms with E-state index in [9.17, 15) is 17.6 Å². The zero-order valence-corrected chi connectivity index (χ0v) is 13.8. The summed E-state index contributed by atoms with van der Waals surface area (Å²) in [6.07, 6.45) is 0. The molecule has 0 aliphatic heterocycles. The van der Waals surface area contributed by atoms with E-state index in [1.807, 2.05) is 0 Å². The van der Waals surface area contributed by atoms with Gasteiger partial charge in [-0.2, -0.15) is 0 Å². The van der Waals surface area contributed by atoms with Crippen LogP contribution in [-0.2, 0) is 10.0 Å². The number of sulfonamides is 1. The number of carbonyl (C=O) groups excluding carboxylic acids is 1. The van der Waals surface area contributed by atoms with Gasteiger partial charge in [0.25, 0.3) is 0 Å². The highest BCUT2D eigenvalue weighted by atomic mass is 32.2. The van der Waals surface area contributed by atoms with E-state index < -0.39 is 15.8 Å². The first-order valence-corrected chi connectivity index (χ1v) is 8.86. The highest BCUT2D eigenvalue weighted by Crippen LogP contribution is 2.23. The third-order valence-corrected chi connectivity index (χ3v) is 4.56. The van der Waals surface area contributed by atoms with Gasteiger partial charge in [0.1, 0.15) is 11.6 Å². The Balaban J connectivity index is 1.76. The second-order valence-corrected chi connectivity index (χ2v) is 7.00. The topological polar surface area (TPSA) is 86.5 Å². The fourth-order valence-corrected chi connectivity index (χ4v) is 2.89. The lowest BCUT2D eigenvalue weighted by Gasteiger charge is -2.08. The fourth-order valence-electron chi connectivity index (χ4n) is 2.34. The minimum absolute atomic E-state index is 0.0279. The van der Waals surface area contributed by atoms with Crippen LogP contribution in [0.5, 0.6) is 5.75 Å².